The summed E-state index contributed by atoms with van der Waals surface area (Å²) < 4.78 is 21.4. The zero-order valence-corrected chi connectivity index (χ0v) is 14.9. The van der Waals surface area contributed by atoms with Gasteiger partial charge >= 0.3 is 0 Å². The molecule has 0 saturated carbocycles. The summed E-state index contributed by atoms with van der Waals surface area (Å²) in [7, 11) is 6.23. The van der Waals surface area contributed by atoms with Gasteiger partial charge in [-0.2, -0.15) is 0 Å². The second-order valence-electron chi connectivity index (χ2n) is 5.22. The highest BCUT2D eigenvalue weighted by atomic mass is 16.5. The summed E-state index contributed by atoms with van der Waals surface area (Å²) in [6.45, 7) is 0.288. The molecule has 1 N–H and O–H groups in total. The predicted octanol–water partition coefficient (Wildman–Crippen LogP) is 2.83. The normalized spacial score (nSPS) is 11.5. The van der Waals surface area contributed by atoms with Crippen LogP contribution in [0.4, 0.5) is 0 Å². The minimum absolute atomic E-state index is 0.271. The zero-order valence-electron chi connectivity index (χ0n) is 14.9. The van der Waals surface area contributed by atoms with E-state index in [0.717, 1.165) is 5.56 Å². The minimum Gasteiger partial charge on any atom is -0.496 e. The van der Waals surface area contributed by atoms with Crippen molar-refractivity contribution in [3.05, 3.63) is 53.6 Å². The molecule has 6 heteroatoms. The number of benzene rings is 2. The van der Waals surface area contributed by atoms with Crippen molar-refractivity contribution >= 4 is 5.91 Å². The van der Waals surface area contributed by atoms with Gasteiger partial charge in [-0.3, -0.25) is 4.79 Å². The molecule has 0 spiro atoms. The highest BCUT2D eigenvalue weighted by Crippen LogP contribution is 2.31. The number of rotatable bonds is 8. The number of amides is 1. The Bertz CT molecular complexity index is 717. The van der Waals surface area contributed by atoms with Crippen LogP contribution in [0.25, 0.3) is 0 Å². The van der Waals surface area contributed by atoms with E-state index in [4.69, 9.17) is 18.9 Å². The first-order valence-electron chi connectivity index (χ1n) is 7.81. The molecule has 2 rings (SSSR count). The van der Waals surface area contributed by atoms with Crippen LogP contribution >= 0.6 is 0 Å². The van der Waals surface area contributed by atoms with Crippen molar-refractivity contribution in [3.8, 4) is 17.2 Å². The molecule has 0 aliphatic carbocycles. The Morgan fingerprint density at radius 3 is 2.24 bits per heavy atom. The topological polar surface area (TPSA) is 66.0 Å². The fourth-order valence-electron chi connectivity index (χ4n) is 2.60. The lowest BCUT2D eigenvalue weighted by molar-refractivity contribution is 0.0816. The van der Waals surface area contributed by atoms with E-state index in [2.05, 4.69) is 5.32 Å². The maximum atomic E-state index is 12.6. The van der Waals surface area contributed by atoms with Gasteiger partial charge < -0.3 is 24.3 Å². The maximum absolute atomic E-state index is 12.6. The van der Waals surface area contributed by atoms with E-state index in [1.54, 1.807) is 32.4 Å². The molecule has 0 fully saturated rings. The van der Waals surface area contributed by atoms with Crippen LogP contribution in [-0.2, 0) is 4.74 Å². The summed E-state index contributed by atoms with van der Waals surface area (Å²) in [6, 6.07) is 12.7. The van der Waals surface area contributed by atoms with Gasteiger partial charge in [0, 0.05) is 19.2 Å². The third-order valence-corrected chi connectivity index (χ3v) is 3.87. The smallest absolute Gasteiger partial charge is 0.255 e. The number of ether oxygens (including phenoxy) is 4. The van der Waals surface area contributed by atoms with Crippen LogP contribution in [0.15, 0.2) is 42.5 Å². The summed E-state index contributed by atoms with van der Waals surface area (Å²) in [6.07, 6.45) is -0.336. The number of hydrogen-bond donors (Lipinski definition) is 1. The highest BCUT2D eigenvalue weighted by molar-refractivity contribution is 5.97. The van der Waals surface area contributed by atoms with Crippen molar-refractivity contribution in [1.82, 2.24) is 5.32 Å². The van der Waals surface area contributed by atoms with Crippen molar-refractivity contribution in [2.75, 3.05) is 35.0 Å². The average Bonchev–Trinajstić information content (AvgIpc) is 2.67. The fourth-order valence-corrected chi connectivity index (χ4v) is 2.60. The molecule has 0 radical (unpaired) electrons. The van der Waals surface area contributed by atoms with E-state index in [9.17, 15) is 4.79 Å². The van der Waals surface area contributed by atoms with Gasteiger partial charge in [-0.05, 0) is 18.2 Å². The van der Waals surface area contributed by atoms with Gasteiger partial charge in [-0.1, -0.05) is 24.3 Å². The molecular weight excluding hydrogens is 322 g/mol. The van der Waals surface area contributed by atoms with Crippen LogP contribution in [-0.4, -0.2) is 40.9 Å². The van der Waals surface area contributed by atoms with E-state index in [1.807, 2.05) is 24.3 Å². The number of carbonyl (C=O) groups excluding carboxylic acids is 1. The summed E-state index contributed by atoms with van der Waals surface area (Å²) >= 11 is 0. The summed E-state index contributed by atoms with van der Waals surface area (Å²) in [4.78, 5) is 12.6. The quantitative estimate of drug-likeness (QED) is 0.797. The third-order valence-electron chi connectivity index (χ3n) is 3.87. The Morgan fingerprint density at radius 2 is 1.60 bits per heavy atom. The monoisotopic (exact) mass is 345 g/mol. The molecule has 0 bridgehead atoms. The summed E-state index contributed by atoms with van der Waals surface area (Å²) in [5.74, 6) is 1.34. The standard InChI is InChI=1S/C19H23NO5/c1-22-15-10-6-5-8-13(15)17(24-3)12-20-19(21)14-9-7-11-16(23-2)18(14)25-4/h5-11,17H,12H2,1-4H3,(H,20,21). The fraction of sp³-hybridized carbons (Fsp3) is 0.316. The largest absolute Gasteiger partial charge is 0.496 e. The van der Waals surface area contributed by atoms with Crippen molar-refractivity contribution in [3.63, 3.8) is 0 Å². The molecular formula is C19H23NO5. The van der Waals surface area contributed by atoms with Crippen LogP contribution in [0.2, 0.25) is 0 Å². The van der Waals surface area contributed by atoms with Gasteiger partial charge in [0.05, 0.1) is 26.9 Å². The Kier molecular flexibility index (Phi) is 6.65. The molecule has 0 aromatic heterocycles. The van der Waals surface area contributed by atoms with Crippen LogP contribution in [0.1, 0.15) is 22.0 Å². The highest BCUT2D eigenvalue weighted by Gasteiger charge is 2.20. The summed E-state index contributed by atoms with van der Waals surface area (Å²) in [5, 5.41) is 2.87. The van der Waals surface area contributed by atoms with E-state index in [0.29, 0.717) is 22.8 Å². The number of carbonyl (C=O) groups is 1. The van der Waals surface area contributed by atoms with Gasteiger partial charge in [-0.15, -0.1) is 0 Å². The van der Waals surface area contributed by atoms with E-state index in [1.165, 1.54) is 14.2 Å². The Hall–Kier alpha value is -2.73. The zero-order chi connectivity index (χ0) is 18.2. The van der Waals surface area contributed by atoms with Crippen LogP contribution in [0.5, 0.6) is 17.2 Å². The molecule has 0 heterocycles. The second kappa shape index (κ2) is 8.94. The first kappa shape index (κ1) is 18.6. The Labute approximate surface area is 147 Å². The van der Waals surface area contributed by atoms with Gasteiger partial charge in [0.1, 0.15) is 11.9 Å². The second-order valence-corrected chi connectivity index (χ2v) is 5.22. The molecule has 2 aromatic rings. The number of nitrogens with one attached hydrogen (secondary N) is 1. The molecule has 134 valence electrons. The molecule has 1 amide bonds. The molecule has 2 aromatic carbocycles. The summed E-state index contributed by atoms with van der Waals surface area (Å²) in [5.41, 5.74) is 1.27. The van der Waals surface area contributed by atoms with Crippen molar-refractivity contribution in [2.24, 2.45) is 0 Å². The predicted molar refractivity (Wildman–Crippen MR) is 94.6 cm³/mol. The minimum atomic E-state index is -0.336. The number of methoxy groups -OCH3 is 4. The van der Waals surface area contributed by atoms with Gasteiger partial charge in [0.25, 0.3) is 5.91 Å². The van der Waals surface area contributed by atoms with E-state index in [-0.39, 0.29) is 18.6 Å². The van der Waals surface area contributed by atoms with Gasteiger partial charge in [-0.25, -0.2) is 0 Å². The molecule has 1 atom stereocenters. The van der Waals surface area contributed by atoms with Crippen molar-refractivity contribution < 1.29 is 23.7 Å². The SMILES string of the molecule is COc1ccccc1C(CNC(=O)c1cccc(OC)c1OC)OC. The molecule has 25 heavy (non-hydrogen) atoms. The number of hydrogen-bond acceptors (Lipinski definition) is 5. The van der Waals surface area contributed by atoms with Crippen LogP contribution < -0.4 is 19.5 Å². The lowest BCUT2D eigenvalue weighted by Crippen LogP contribution is -2.29. The van der Waals surface area contributed by atoms with Crippen LogP contribution in [0, 0.1) is 0 Å². The molecule has 0 aliphatic heterocycles. The lowest BCUT2D eigenvalue weighted by atomic mass is 10.1. The van der Waals surface area contributed by atoms with Crippen molar-refractivity contribution in [2.45, 2.75) is 6.10 Å². The average molecular weight is 345 g/mol. The van der Waals surface area contributed by atoms with Crippen LogP contribution in [0.3, 0.4) is 0 Å². The van der Waals surface area contributed by atoms with E-state index >= 15 is 0 Å². The van der Waals surface area contributed by atoms with Gasteiger partial charge in [0.2, 0.25) is 0 Å². The van der Waals surface area contributed by atoms with E-state index < -0.39 is 0 Å². The first-order valence-corrected chi connectivity index (χ1v) is 7.81. The Morgan fingerprint density at radius 1 is 0.920 bits per heavy atom. The molecule has 0 saturated heterocycles. The molecule has 0 aliphatic rings. The van der Waals surface area contributed by atoms with Gasteiger partial charge in [0.15, 0.2) is 11.5 Å². The number of para-hydroxylation sites is 2. The molecule has 6 nitrogen and oxygen atoms in total. The first-order chi connectivity index (χ1) is 12.2. The lowest BCUT2D eigenvalue weighted by Gasteiger charge is -2.19. The molecule has 1 unspecified atom stereocenters. The Balaban J connectivity index is 2.16. The maximum Gasteiger partial charge on any atom is 0.255 e. The third kappa shape index (κ3) is 4.22. The van der Waals surface area contributed by atoms with Crippen molar-refractivity contribution in [1.29, 1.82) is 0 Å².